The number of ether oxygens (including phenoxy) is 1. The molecule has 0 spiro atoms. The Labute approximate surface area is 183 Å². The summed E-state index contributed by atoms with van der Waals surface area (Å²) in [6.07, 6.45) is 3.34. The zero-order valence-corrected chi connectivity index (χ0v) is 17.9. The number of rotatable bonds is 8. The summed E-state index contributed by atoms with van der Waals surface area (Å²) in [5.41, 5.74) is 5.18. The molecular formula is C27H27NO3. The molecule has 3 rings (SSSR count). The molecule has 0 saturated carbocycles. The lowest BCUT2D eigenvalue weighted by atomic mass is 10.0. The van der Waals surface area contributed by atoms with Crippen LogP contribution in [0.4, 0.5) is 0 Å². The highest BCUT2D eigenvalue weighted by Gasteiger charge is 2.18. The van der Waals surface area contributed by atoms with Crippen molar-refractivity contribution in [2.45, 2.75) is 26.3 Å². The third-order valence-corrected chi connectivity index (χ3v) is 4.92. The zero-order chi connectivity index (χ0) is 22.1. The molecule has 31 heavy (non-hydrogen) atoms. The zero-order valence-electron chi connectivity index (χ0n) is 17.9. The number of carbonyl (C=O) groups excluding carboxylic acids is 2. The Bertz CT molecular complexity index is 1020. The van der Waals surface area contributed by atoms with Crippen LogP contribution in [-0.2, 0) is 14.3 Å². The van der Waals surface area contributed by atoms with E-state index in [9.17, 15) is 9.59 Å². The van der Waals surface area contributed by atoms with E-state index in [-0.39, 0.29) is 18.3 Å². The van der Waals surface area contributed by atoms with Crippen LogP contribution in [0, 0.1) is 6.92 Å². The van der Waals surface area contributed by atoms with Crippen LogP contribution < -0.4 is 5.32 Å². The second-order valence-electron chi connectivity index (χ2n) is 7.30. The van der Waals surface area contributed by atoms with Gasteiger partial charge in [-0.3, -0.25) is 9.59 Å². The maximum Gasteiger partial charge on any atom is 0.308 e. The van der Waals surface area contributed by atoms with Crippen molar-refractivity contribution in [1.29, 1.82) is 0 Å². The van der Waals surface area contributed by atoms with Gasteiger partial charge in [-0.25, -0.2) is 0 Å². The number of hydrogen-bond acceptors (Lipinski definition) is 3. The average molecular weight is 414 g/mol. The van der Waals surface area contributed by atoms with Gasteiger partial charge >= 0.3 is 5.97 Å². The summed E-state index contributed by atoms with van der Waals surface area (Å²) in [6.45, 7) is 4.07. The summed E-state index contributed by atoms with van der Waals surface area (Å²) >= 11 is 0. The lowest BCUT2D eigenvalue weighted by Crippen LogP contribution is -2.29. The Kier molecular flexibility index (Phi) is 7.77. The molecule has 1 N–H and O–H groups in total. The van der Waals surface area contributed by atoms with Crippen molar-refractivity contribution in [3.63, 3.8) is 0 Å². The van der Waals surface area contributed by atoms with Crippen LogP contribution >= 0.6 is 0 Å². The van der Waals surface area contributed by atoms with E-state index in [1.807, 2.05) is 73.7 Å². The SMILES string of the molecule is CCOC(=O)CC(NC(=O)C=Cc1ccc(-c2ccccc2)cc1)c1ccc(C)cc1. The number of esters is 1. The minimum atomic E-state index is -0.447. The van der Waals surface area contributed by atoms with Gasteiger partial charge in [-0.1, -0.05) is 84.4 Å². The van der Waals surface area contributed by atoms with Crippen LogP contribution in [0.15, 0.2) is 84.9 Å². The van der Waals surface area contributed by atoms with Crippen LogP contribution in [0.5, 0.6) is 0 Å². The predicted octanol–water partition coefficient (Wildman–Crippen LogP) is 5.49. The number of nitrogens with one attached hydrogen (secondary N) is 1. The van der Waals surface area contributed by atoms with Crippen molar-refractivity contribution in [3.8, 4) is 11.1 Å². The van der Waals surface area contributed by atoms with Gasteiger partial charge in [0.05, 0.1) is 19.1 Å². The highest BCUT2D eigenvalue weighted by molar-refractivity contribution is 5.92. The molecule has 0 aliphatic carbocycles. The first-order chi connectivity index (χ1) is 15.0. The van der Waals surface area contributed by atoms with Gasteiger partial charge in [0.25, 0.3) is 0 Å². The minimum Gasteiger partial charge on any atom is -0.466 e. The summed E-state index contributed by atoms with van der Waals surface area (Å²) in [6, 6.07) is 25.5. The van der Waals surface area contributed by atoms with E-state index in [0.717, 1.165) is 27.8 Å². The van der Waals surface area contributed by atoms with E-state index < -0.39 is 6.04 Å². The maximum absolute atomic E-state index is 12.5. The van der Waals surface area contributed by atoms with E-state index in [0.29, 0.717) is 6.61 Å². The van der Waals surface area contributed by atoms with Gasteiger partial charge in [0.2, 0.25) is 5.91 Å². The molecule has 3 aromatic carbocycles. The lowest BCUT2D eigenvalue weighted by molar-refractivity contribution is -0.143. The third kappa shape index (κ3) is 6.68. The first-order valence-electron chi connectivity index (χ1n) is 10.4. The van der Waals surface area contributed by atoms with Crippen molar-refractivity contribution in [3.05, 3.63) is 102 Å². The molecule has 4 heteroatoms. The fourth-order valence-corrected chi connectivity index (χ4v) is 3.25. The minimum absolute atomic E-state index is 0.0856. The molecule has 0 radical (unpaired) electrons. The molecule has 0 heterocycles. The number of hydrogen-bond donors (Lipinski definition) is 1. The highest BCUT2D eigenvalue weighted by atomic mass is 16.5. The van der Waals surface area contributed by atoms with Crippen LogP contribution in [0.25, 0.3) is 17.2 Å². The molecule has 0 bridgehead atoms. The largest absolute Gasteiger partial charge is 0.466 e. The molecule has 3 aromatic rings. The van der Waals surface area contributed by atoms with Crippen molar-refractivity contribution >= 4 is 18.0 Å². The number of carbonyl (C=O) groups is 2. The van der Waals surface area contributed by atoms with Gasteiger partial charge in [-0.05, 0) is 42.2 Å². The molecular weight excluding hydrogens is 386 g/mol. The van der Waals surface area contributed by atoms with Gasteiger partial charge in [0.1, 0.15) is 0 Å². The number of aryl methyl sites for hydroxylation is 1. The summed E-state index contributed by atoms with van der Waals surface area (Å²) in [7, 11) is 0. The molecule has 0 saturated heterocycles. The van der Waals surface area contributed by atoms with E-state index in [1.165, 1.54) is 6.08 Å². The topological polar surface area (TPSA) is 55.4 Å². The molecule has 158 valence electrons. The van der Waals surface area contributed by atoms with Crippen molar-refractivity contribution in [1.82, 2.24) is 5.32 Å². The Morgan fingerprint density at radius 2 is 1.55 bits per heavy atom. The van der Waals surface area contributed by atoms with Crippen LogP contribution in [0.3, 0.4) is 0 Å². The van der Waals surface area contributed by atoms with E-state index in [1.54, 1.807) is 13.0 Å². The molecule has 4 nitrogen and oxygen atoms in total. The second kappa shape index (κ2) is 10.9. The Balaban J connectivity index is 1.67. The lowest BCUT2D eigenvalue weighted by Gasteiger charge is -2.18. The van der Waals surface area contributed by atoms with Gasteiger partial charge in [0.15, 0.2) is 0 Å². The van der Waals surface area contributed by atoms with Crippen molar-refractivity contribution < 1.29 is 14.3 Å². The summed E-state index contributed by atoms with van der Waals surface area (Å²) in [5, 5.41) is 2.92. The fraction of sp³-hybridized carbons (Fsp3) is 0.185. The van der Waals surface area contributed by atoms with Crippen LogP contribution in [0.2, 0.25) is 0 Å². The first-order valence-corrected chi connectivity index (χ1v) is 10.4. The monoisotopic (exact) mass is 413 g/mol. The Hall–Kier alpha value is -3.66. The van der Waals surface area contributed by atoms with E-state index in [4.69, 9.17) is 4.74 Å². The Morgan fingerprint density at radius 1 is 0.903 bits per heavy atom. The van der Waals surface area contributed by atoms with Crippen molar-refractivity contribution in [2.75, 3.05) is 6.61 Å². The van der Waals surface area contributed by atoms with Gasteiger partial charge in [-0.2, -0.15) is 0 Å². The number of benzene rings is 3. The molecule has 1 amide bonds. The van der Waals surface area contributed by atoms with E-state index in [2.05, 4.69) is 17.4 Å². The van der Waals surface area contributed by atoms with Crippen LogP contribution in [-0.4, -0.2) is 18.5 Å². The summed E-state index contributed by atoms with van der Waals surface area (Å²) in [4.78, 5) is 24.6. The second-order valence-corrected chi connectivity index (χ2v) is 7.30. The quantitative estimate of drug-likeness (QED) is 0.393. The van der Waals surface area contributed by atoms with Gasteiger partial charge in [0, 0.05) is 6.08 Å². The first kappa shape index (κ1) is 22.0. The maximum atomic E-state index is 12.5. The summed E-state index contributed by atoms with van der Waals surface area (Å²) in [5.74, 6) is -0.601. The van der Waals surface area contributed by atoms with Crippen molar-refractivity contribution in [2.24, 2.45) is 0 Å². The summed E-state index contributed by atoms with van der Waals surface area (Å²) < 4.78 is 5.07. The average Bonchev–Trinajstić information content (AvgIpc) is 2.79. The van der Waals surface area contributed by atoms with Gasteiger partial charge in [-0.15, -0.1) is 0 Å². The molecule has 0 fully saturated rings. The molecule has 0 aliphatic rings. The standard InChI is InChI=1S/C27H27NO3/c1-3-31-27(30)19-25(24-14-9-20(2)10-15-24)28-26(29)18-13-21-11-16-23(17-12-21)22-7-5-4-6-8-22/h4-18,25H,3,19H2,1-2H3,(H,28,29). The highest BCUT2D eigenvalue weighted by Crippen LogP contribution is 2.20. The van der Waals surface area contributed by atoms with Gasteiger partial charge < -0.3 is 10.1 Å². The smallest absolute Gasteiger partial charge is 0.308 e. The Morgan fingerprint density at radius 3 is 2.19 bits per heavy atom. The fourth-order valence-electron chi connectivity index (χ4n) is 3.25. The predicted molar refractivity (Wildman–Crippen MR) is 124 cm³/mol. The third-order valence-electron chi connectivity index (χ3n) is 4.92. The normalized spacial score (nSPS) is 11.8. The van der Waals surface area contributed by atoms with E-state index >= 15 is 0 Å². The molecule has 1 unspecified atom stereocenters. The molecule has 0 aliphatic heterocycles. The molecule has 0 aromatic heterocycles. The van der Waals surface area contributed by atoms with Crippen LogP contribution in [0.1, 0.15) is 36.1 Å². The molecule has 1 atom stereocenters. The number of amides is 1.